The topological polar surface area (TPSA) is 63.7 Å². The van der Waals surface area contributed by atoms with E-state index in [0.717, 1.165) is 18.4 Å². The van der Waals surface area contributed by atoms with Gasteiger partial charge >= 0.3 is 5.97 Å². The van der Waals surface area contributed by atoms with E-state index < -0.39 is 5.97 Å². The fourth-order valence-corrected chi connectivity index (χ4v) is 5.60. The molecule has 3 aromatic rings. The fourth-order valence-electron chi connectivity index (χ4n) is 5.60. The van der Waals surface area contributed by atoms with Crippen molar-refractivity contribution in [3.8, 4) is 5.75 Å². The molecule has 2 aliphatic carbocycles. The third-order valence-electron chi connectivity index (χ3n) is 7.20. The van der Waals surface area contributed by atoms with Crippen LogP contribution in [0.15, 0.2) is 91.0 Å². The molecule has 1 aliphatic heterocycles. The van der Waals surface area contributed by atoms with Crippen LogP contribution in [0.4, 0.5) is 5.69 Å². The van der Waals surface area contributed by atoms with E-state index >= 15 is 0 Å². The second-order valence-electron chi connectivity index (χ2n) is 9.26. The molecule has 6 rings (SSSR count). The van der Waals surface area contributed by atoms with Crippen LogP contribution in [0.3, 0.4) is 0 Å². The molecule has 0 unspecified atom stereocenters. The second kappa shape index (κ2) is 8.10. The first-order valence-electron chi connectivity index (χ1n) is 11.6. The Kier molecular flexibility index (Phi) is 4.91. The first-order chi connectivity index (χ1) is 16.6. The minimum Gasteiger partial charge on any atom is -0.423 e. The Labute approximate surface area is 197 Å². The normalized spacial score (nSPS) is 24.5. The van der Waals surface area contributed by atoms with E-state index in [0.29, 0.717) is 17.0 Å². The highest BCUT2D eigenvalue weighted by molar-refractivity contribution is 6.23. The lowest BCUT2D eigenvalue weighted by molar-refractivity contribution is -0.123. The largest absolute Gasteiger partial charge is 0.423 e. The number of rotatable bonds is 5. The van der Waals surface area contributed by atoms with Gasteiger partial charge in [0.2, 0.25) is 11.8 Å². The Morgan fingerprint density at radius 1 is 0.794 bits per heavy atom. The van der Waals surface area contributed by atoms with E-state index in [9.17, 15) is 14.4 Å². The number of fused-ring (bicyclic) bond motifs is 5. The number of amides is 2. The van der Waals surface area contributed by atoms with Gasteiger partial charge in [0.25, 0.3) is 0 Å². The molecule has 5 nitrogen and oxygen atoms in total. The Hall–Kier alpha value is -3.99. The molecule has 1 saturated carbocycles. The van der Waals surface area contributed by atoms with Crippen molar-refractivity contribution in [1.82, 2.24) is 0 Å². The summed E-state index contributed by atoms with van der Waals surface area (Å²) in [6, 6.07) is 24.2. The van der Waals surface area contributed by atoms with Crippen LogP contribution in [0, 0.1) is 23.7 Å². The van der Waals surface area contributed by atoms with Crippen LogP contribution in [0.2, 0.25) is 0 Å². The predicted octanol–water partition coefficient (Wildman–Crippen LogP) is 4.81. The Morgan fingerprint density at radius 2 is 1.44 bits per heavy atom. The molecule has 1 saturated heterocycles. The van der Waals surface area contributed by atoms with Crippen LogP contribution >= 0.6 is 0 Å². The number of nitrogens with zero attached hydrogens (tertiary/aromatic N) is 1. The van der Waals surface area contributed by atoms with Gasteiger partial charge in [0.15, 0.2) is 0 Å². The van der Waals surface area contributed by atoms with Gasteiger partial charge in [0.05, 0.1) is 23.1 Å². The molecule has 2 fully saturated rings. The summed E-state index contributed by atoms with van der Waals surface area (Å²) in [6.45, 7) is 0. The molecule has 3 aliphatic rings. The average molecular weight is 450 g/mol. The standard InChI is InChI=1S/C29H23NO4/c31-27-25-20-11-12-21(16-20)26(25)28(32)30(27)23-8-4-7-22(17-23)29(33)34-24-13-9-19(10-14-24)15-18-5-2-1-3-6-18/h1-14,17,20-21,25-26H,15-16H2/t20-,21+,25-,26-/m0/s1. The molecule has 3 aromatic carbocycles. The molecular weight excluding hydrogens is 426 g/mol. The number of allylic oxidation sites excluding steroid dienone is 2. The number of carbonyl (C=O) groups excluding carboxylic acids is 3. The summed E-state index contributed by atoms with van der Waals surface area (Å²) in [6.07, 6.45) is 5.82. The quantitative estimate of drug-likeness (QED) is 0.243. The second-order valence-corrected chi connectivity index (χ2v) is 9.26. The SMILES string of the molecule is O=C(Oc1ccc(Cc2ccccc2)cc1)c1cccc(N2C(=O)[C@@H]3[C@@H](C2=O)[C@H]2C=C[C@@H]3C2)c1. The summed E-state index contributed by atoms with van der Waals surface area (Å²) < 4.78 is 5.56. The van der Waals surface area contributed by atoms with Crippen LogP contribution < -0.4 is 9.64 Å². The third kappa shape index (κ3) is 3.45. The number of anilines is 1. The van der Waals surface area contributed by atoms with Crippen molar-refractivity contribution in [2.24, 2.45) is 23.7 Å². The summed E-state index contributed by atoms with van der Waals surface area (Å²) in [4.78, 5) is 40.2. The monoisotopic (exact) mass is 449 g/mol. The number of benzene rings is 3. The van der Waals surface area contributed by atoms with E-state index in [1.807, 2.05) is 30.3 Å². The van der Waals surface area contributed by atoms with Crippen molar-refractivity contribution in [3.63, 3.8) is 0 Å². The van der Waals surface area contributed by atoms with Gasteiger partial charge < -0.3 is 4.74 Å². The summed E-state index contributed by atoms with van der Waals surface area (Å²) >= 11 is 0. The summed E-state index contributed by atoms with van der Waals surface area (Å²) in [5, 5.41) is 0. The summed E-state index contributed by atoms with van der Waals surface area (Å²) in [5.74, 6) is -0.655. The average Bonchev–Trinajstić information content (AvgIpc) is 3.55. The summed E-state index contributed by atoms with van der Waals surface area (Å²) in [7, 11) is 0. The maximum absolute atomic E-state index is 13.1. The van der Waals surface area contributed by atoms with Gasteiger partial charge in [-0.05, 0) is 66.1 Å². The van der Waals surface area contributed by atoms with Crippen molar-refractivity contribution in [1.29, 1.82) is 0 Å². The third-order valence-corrected chi connectivity index (χ3v) is 7.20. The molecule has 1 heterocycles. The van der Waals surface area contributed by atoms with Crippen molar-refractivity contribution in [2.75, 3.05) is 4.90 Å². The zero-order valence-corrected chi connectivity index (χ0v) is 18.5. The van der Waals surface area contributed by atoms with E-state index in [4.69, 9.17) is 4.74 Å². The zero-order valence-electron chi connectivity index (χ0n) is 18.5. The van der Waals surface area contributed by atoms with Gasteiger partial charge in [-0.3, -0.25) is 9.59 Å². The van der Waals surface area contributed by atoms with Crippen LogP contribution in [-0.4, -0.2) is 17.8 Å². The maximum atomic E-state index is 13.1. The van der Waals surface area contributed by atoms with Gasteiger partial charge in [-0.15, -0.1) is 0 Å². The minimum atomic E-state index is -0.529. The highest BCUT2D eigenvalue weighted by atomic mass is 16.5. The molecule has 4 atom stereocenters. The molecule has 0 radical (unpaired) electrons. The van der Waals surface area contributed by atoms with Crippen molar-refractivity contribution >= 4 is 23.5 Å². The first kappa shape index (κ1) is 20.6. The number of imide groups is 1. The smallest absolute Gasteiger partial charge is 0.343 e. The molecule has 2 bridgehead atoms. The van der Waals surface area contributed by atoms with E-state index in [1.165, 1.54) is 10.5 Å². The van der Waals surface area contributed by atoms with Crippen molar-refractivity contribution in [3.05, 3.63) is 108 Å². The maximum Gasteiger partial charge on any atom is 0.343 e. The summed E-state index contributed by atoms with van der Waals surface area (Å²) in [5.41, 5.74) is 3.05. The zero-order chi connectivity index (χ0) is 23.2. The van der Waals surface area contributed by atoms with Crippen molar-refractivity contribution < 1.29 is 19.1 Å². The molecular formula is C29H23NO4. The number of carbonyl (C=O) groups is 3. The fraction of sp³-hybridized carbons (Fsp3) is 0.207. The van der Waals surface area contributed by atoms with Gasteiger partial charge in [-0.25, -0.2) is 9.69 Å². The van der Waals surface area contributed by atoms with Gasteiger partial charge in [0, 0.05) is 0 Å². The Morgan fingerprint density at radius 3 is 2.12 bits per heavy atom. The predicted molar refractivity (Wildman–Crippen MR) is 127 cm³/mol. The molecule has 0 N–H and O–H groups in total. The van der Waals surface area contributed by atoms with E-state index in [1.54, 1.807) is 36.4 Å². The molecule has 2 amide bonds. The number of esters is 1. The van der Waals surface area contributed by atoms with Crippen LogP contribution in [0.1, 0.15) is 27.9 Å². The van der Waals surface area contributed by atoms with E-state index in [2.05, 4.69) is 24.3 Å². The van der Waals surface area contributed by atoms with E-state index in [-0.39, 0.29) is 35.5 Å². The molecule has 5 heteroatoms. The molecule has 168 valence electrons. The Bertz CT molecular complexity index is 1280. The highest BCUT2D eigenvalue weighted by Crippen LogP contribution is 2.53. The highest BCUT2D eigenvalue weighted by Gasteiger charge is 2.59. The minimum absolute atomic E-state index is 0.148. The van der Waals surface area contributed by atoms with Crippen LogP contribution in [-0.2, 0) is 16.0 Å². The number of ether oxygens (including phenoxy) is 1. The lowest BCUT2D eigenvalue weighted by Gasteiger charge is -2.18. The van der Waals surface area contributed by atoms with Gasteiger partial charge in [-0.1, -0.05) is 60.7 Å². The first-order valence-corrected chi connectivity index (χ1v) is 11.6. The van der Waals surface area contributed by atoms with Crippen LogP contribution in [0.5, 0.6) is 5.75 Å². The number of hydrogen-bond donors (Lipinski definition) is 0. The van der Waals surface area contributed by atoms with Gasteiger partial charge in [0.1, 0.15) is 5.75 Å². The van der Waals surface area contributed by atoms with Gasteiger partial charge in [-0.2, -0.15) is 0 Å². The van der Waals surface area contributed by atoms with Crippen LogP contribution in [0.25, 0.3) is 0 Å². The van der Waals surface area contributed by atoms with Crippen molar-refractivity contribution in [2.45, 2.75) is 12.8 Å². The molecule has 0 spiro atoms. The lowest BCUT2D eigenvalue weighted by Crippen LogP contribution is -2.33. The lowest BCUT2D eigenvalue weighted by atomic mass is 9.85. The Balaban J connectivity index is 1.16. The molecule has 34 heavy (non-hydrogen) atoms. The molecule has 0 aromatic heterocycles. The number of hydrogen-bond acceptors (Lipinski definition) is 4.